The average Bonchev–Trinajstić information content (AvgIpc) is 2.66. The van der Waals surface area contributed by atoms with Gasteiger partial charge in [0, 0.05) is 5.39 Å². The smallest absolute Gasteiger partial charge is 0.123 e. The van der Waals surface area contributed by atoms with Crippen LogP contribution in [0.15, 0.2) is 54.6 Å². The lowest BCUT2D eigenvalue weighted by Gasteiger charge is -2.14. The Bertz CT molecular complexity index is 802. The first-order chi connectivity index (χ1) is 9.84. The van der Waals surface area contributed by atoms with Gasteiger partial charge in [-0.1, -0.05) is 48.5 Å². The maximum atomic E-state index is 10.3. The van der Waals surface area contributed by atoms with E-state index in [-0.39, 0.29) is 0 Å². The summed E-state index contributed by atoms with van der Waals surface area (Å²) in [7, 11) is 0. The molecule has 1 aliphatic carbocycles. The Balaban J connectivity index is 2.17. The summed E-state index contributed by atoms with van der Waals surface area (Å²) in [5, 5.41) is 12.4. The fourth-order valence-corrected chi connectivity index (χ4v) is 3.38. The Morgan fingerprint density at radius 2 is 1.45 bits per heavy atom. The van der Waals surface area contributed by atoms with E-state index >= 15 is 0 Å². The van der Waals surface area contributed by atoms with Gasteiger partial charge < -0.3 is 5.11 Å². The lowest BCUT2D eigenvalue weighted by atomic mass is 9.91. The molecule has 1 N–H and O–H groups in total. The molecule has 0 saturated carbocycles. The van der Waals surface area contributed by atoms with E-state index in [0.29, 0.717) is 5.75 Å². The van der Waals surface area contributed by atoms with Crippen molar-refractivity contribution >= 4 is 10.8 Å². The van der Waals surface area contributed by atoms with Crippen molar-refractivity contribution in [3.8, 4) is 16.9 Å². The van der Waals surface area contributed by atoms with Crippen LogP contribution in [0.5, 0.6) is 5.75 Å². The van der Waals surface area contributed by atoms with Crippen LogP contribution < -0.4 is 0 Å². The Kier molecular flexibility index (Phi) is 2.53. The molecule has 0 heterocycles. The highest BCUT2D eigenvalue weighted by Gasteiger charge is 2.18. The first-order valence-corrected chi connectivity index (χ1v) is 7.16. The number of rotatable bonds is 0. The van der Waals surface area contributed by atoms with Gasteiger partial charge in [0.25, 0.3) is 0 Å². The summed E-state index contributed by atoms with van der Waals surface area (Å²) in [5.74, 6) is 0.402. The number of benzene rings is 3. The van der Waals surface area contributed by atoms with Crippen molar-refractivity contribution < 1.29 is 5.11 Å². The van der Waals surface area contributed by atoms with Crippen LogP contribution in [0.4, 0.5) is 0 Å². The van der Waals surface area contributed by atoms with Gasteiger partial charge >= 0.3 is 0 Å². The normalized spacial score (nSPS) is 13.6. The Labute approximate surface area is 118 Å². The molecule has 0 amide bonds. The Morgan fingerprint density at radius 3 is 2.35 bits per heavy atom. The Morgan fingerprint density at radius 1 is 0.750 bits per heavy atom. The van der Waals surface area contributed by atoms with E-state index in [0.717, 1.165) is 30.0 Å². The van der Waals surface area contributed by atoms with Crippen molar-refractivity contribution in [2.45, 2.75) is 19.3 Å². The summed E-state index contributed by atoms with van der Waals surface area (Å²) >= 11 is 0. The molecule has 20 heavy (non-hydrogen) atoms. The van der Waals surface area contributed by atoms with Gasteiger partial charge in [0.1, 0.15) is 5.75 Å². The molecule has 0 atom stereocenters. The number of phenols is 1. The third kappa shape index (κ3) is 1.63. The summed E-state index contributed by atoms with van der Waals surface area (Å²) in [4.78, 5) is 0. The fourth-order valence-electron chi connectivity index (χ4n) is 3.38. The molecule has 0 fully saturated rings. The molecule has 3 aromatic rings. The minimum atomic E-state index is 0.402. The summed E-state index contributed by atoms with van der Waals surface area (Å²) in [6.45, 7) is 0. The first-order valence-electron chi connectivity index (χ1n) is 7.16. The third-order valence-electron chi connectivity index (χ3n) is 4.28. The topological polar surface area (TPSA) is 20.2 Å². The number of hydrogen-bond donors (Lipinski definition) is 1. The molecule has 1 nitrogen and oxygen atoms in total. The molecule has 0 unspecified atom stereocenters. The Hall–Kier alpha value is -2.28. The zero-order valence-electron chi connectivity index (χ0n) is 11.3. The second-order valence-corrected chi connectivity index (χ2v) is 5.49. The van der Waals surface area contributed by atoms with Crippen molar-refractivity contribution in [2.75, 3.05) is 0 Å². The number of fused-ring (bicyclic) bond motifs is 5. The summed E-state index contributed by atoms with van der Waals surface area (Å²) < 4.78 is 0. The third-order valence-corrected chi connectivity index (χ3v) is 4.28. The van der Waals surface area contributed by atoms with Crippen LogP contribution in [0, 0.1) is 0 Å². The van der Waals surface area contributed by atoms with Crippen LogP contribution in [0.25, 0.3) is 21.9 Å². The standard InChI is InChI=1S/C19H16O/c20-18-12-14-8-5-7-13-6-1-2-9-15(13)19(14)17-11-4-3-10-16(17)18/h1-4,6,9-12,20H,5,7-8H2. The van der Waals surface area contributed by atoms with Crippen LogP contribution in [-0.2, 0) is 12.8 Å². The van der Waals surface area contributed by atoms with Gasteiger partial charge in [-0.25, -0.2) is 0 Å². The molecule has 3 aromatic carbocycles. The zero-order valence-corrected chi connectivity index (χ0v) is 11.3. The monoisotopic (exact) mass is 260 g/mol. The molecular weight excluding hydrogens is 244 g/mol. The van der Waals surface area contributed by atoms with Crippen molar-refractivity contribution in [3.63, 3.8) is 0 Å². The lowest BCUT2D eigenvalue weighted by molar-refractivity contribution is 0.481. The number of aryl methyl sites for hydroxylation is 2. The maximum Gasteiger partial charge on any atom is 0.123 e. The summed E-state index contributed by atoms with van der Waals surface area (Å²) in [6, 6.07) is 18.8. The molecule has 0 aliphatic heterocycles. The summed E-state index contributed by atoms with van der Waals surface area (Å²) in [5.41, 5.74) is 5.33. The predicted molar refractivity (Wildman–Crippen MR) is 83.1 cm³/mol. The van der Waals surface area contributed by atoms with E-state index in [2.05, 4.69) is 36.4 Å². The average molecular weight is 260 g/mol. The van der Waals surface area contributed by atoms with Crippen LogP contribution in [0.1, 0.15) is 17.5 Å². The van der Waals surface area contributed by atoms with E-state index in [1.165, 1.54) is 22.3 Å². The van der Waals surface area contributed by atoms with Gasteiger partial charge in [-0.15, -0.1) is 0 Å². The van der Waals surface area contributed by atoms with Crippen LogP contribution >= 0.6 is 0 Å². The molecule has 0 aromatic heterocycles. The minimum absolute atomic E-state index is 0.402. The molecule has 4 rings (SSSR count). The maximum absolute atomic E-state index is 10.3. The van der Waals surface area contributed by atoms with Crippen molar-refractivity contribution in [2.24, 2.45) is 0 Å². The van der Waals surface area contributed by atoms with Gasteiger partial charge in [-0.3, -0.25) is 0 Å². The largest absolute Gasteiger partial charge is 0.507 e. The van der Waals surface area contributed by atoms with E-state index < -0.39 is 0 Å². The van der Waals surface area contributed by atoms with Crippen molar-refractivity contribution in [1.82, 2.24) is 0 Å². The van der Waals surface area contributed by atoms with Gasteiger partial charge in [0.05, 0.1) is 0 Å². The predicted octanol–water partition coefficient (Wildman–Crippen LogP) is 4.70. The molecule has 0 spiro atoms. The van der Waals surface area contributed by atoms with Gasteiger partial charge in [0.15, 0.2) is 0 Å². The number of aromatic hydroxyl groups is 1. The first kappa shape index (κ1) is 11.5. The molecule has 0 radical (unpaired) electrons. The molecular formula is C19H16O. The van der Waals surface area contributed by atoms with E-state index in [4.69, 9.17) is 0 Å². The van der Waals surface area contributed by atoms with E-state index in [1.54, 1.807) is 0 Å². The SMILES string of the molecule is Oc1cc2c(c3ccccc13)-c1ccccc1CCC2. The second-order valence-electron chi connectivity index (χ2n) is 5.49. The number of phenolic OH excluding ortho intramolecular Hbond substituents is 1. The minimum Gasteiger partial charge on any atom is -0.507 e. The summed E-state index contributed by atoms with van der Waals surface area (Å²) in [6.07, 6.45) is 3.28. The fraction of sp³-hybridized carbons (Fsp3) is 0.158. The zero-order chi connectivity index (χ0) is 13.5. The molecule has 1 heteroatoms. The van der Waals surface area contributed by atoms with Crippen LogP contribution in [-0.4, -0.2) is 5.11 Å². The highest BCUT2D eigenvalue weighted by molar-refractivity contribution is 6.02. The molecule has 98 valence electrons. The van der Waals surface area contributed by atoms with Gasteiger partial charge in [-0.2, -0.15) is 0 Å². The molecule has 1 aliphatic rings. The highest BCUT2D eigenvalue weighted by atomic mass is 16.3. The van der Waals surface area contributed by atoms with Gasteiger partial charge in [0.2, 0.25) is 0 Å². The second kappa shape index (κ2) is 4.38. The number of hydrogen-bond acceptors (Lipinski definition) is 1. The van der Waals surface area contributed by atoms with Gasteiger partial charge in [-0.05, 0) is 53.0 Å². The molecule has 0 bridgehead atoms. The van der Waals surface area contributed by atoms with Crippen LogP contribution in [0.3, 0.4) is 0 Å². The highest BCUT2D eigenvalue weighted by Crippen LogP contribution is 2.41. The van der Waals surface area contributed by atoms with Crippen molar-refractivity contribution in [3.05, 3.63) is 65.7 Å². The van der Waals surface area contributed by atoms with E-state index in [1.807, 2.05) is 18.2 Å². The van der Waals surface area contributed by atoms with Crippen molar-refractivity contribution in [1.29, 1.82) is 0 Å². The van der Waals surface area contributed by atoms with E-state index in [9.17, 15) is 5.11 Å². The quantitative estimate of drug-likeness (QED) is 0.621. The lowest BCUT2D eigenvalue weighted by Crippen LogP contribution is -1.90. The molecule has 0 saturated heterocycles. The van der Waals surface area contributed by atoms with Crippen LogP contribution in [0.2, 0.25) is 0 Å².